The lowest BCUT2D eigenvalue weighted by Crippen LogP contribution is -2.47. The number of aromatic nitrogens is 2. The number of fused-ring (bicyclic) bond motifs is 3. The Kier molecular flexibility index (Phi) is 7.19. The maximum absolute atomic E-state index is 13.5. The second kappa shape index (κ2) is 10.1. The zero-order chi connectivity index (χ0) is 23.4. The molecule has 0 bridgehead atoms. The van der Waals surface area contributed by atoms with Crippen LogP contribution < -0.4 is 10.1 Å². The predicted molar refractivity (Wildman–Crippen MR) is 119 cm³/mol. The molecule has 1 aliphatic rings. The minimum Gasteiger partial charge on any atom is -0.476 e. The molecular weight excluding hydrogens is 436 g/mol. The molecule has 0 fully saturated rings. The maximum atomic E-state index is 13.5. The van der Waals surface area contributed by atoms with Crippen molar-refractivity contribution in [1.82, 2.24) is 20.2 Å². The molecule has 5 nitrogen and oxygen atoms in total. The van der Waals surface area contributed by atoms with E-state index in [-0.39, 0.29) is 12.7 Å². The molecule has 1 aliphatic heterocycles. The third kappa shape index (κ3) is 5.47. The highest BCUT2D eigenvalue weighted by molar-refractivity contribution is 5.85. The van der Waals surface area contributed by atoms with Gasteiger partial charge < -0.3 is 15.0 Å². The van der Waals surface area contributed by atoms with Crippen LogP contribution in [0.15, 0.2) is 42.5 Å². The minimum absolute atomic E-state index is 0.325. The van der Waals surface area contributed by atoms with Crippen molar-refractivity contribution in [3.05, 3.63) is 59.4 Å². The van der Waals surface area contributed by atoms with E-state index in [9.17, 15) is 17.6 Å². The third-order valence-corrected chi connectivity index (χ3v) is 5.92. The fraction of sp³-hybridized carbons (Fsp3) is 0.458. The number of alkyl halides is 4. The topological polar surface area (TPSA) is 53.2 Å². The molecule has 2 N–H and O–H groups in total. The minimum atomic E-state index is -4.34. The van der Waals surface area contributed by atoms with Crippen LogP contribution in [0, 0.1) is 0 Å². The van der Waals surface area contributed by atoms with Gasteiger partial charge >= 0.3 is 6.18 Å². The van der Waals surface area contributed by atoms with Crippen LogP contribution in [0.4, 0.5) is 17.6 Å². The predicted octanol–water partition coefficient (Wildman–Crippen LogP) is 4.79. The Balaban J connectivity index is 1.64. The monoisotopic (exact) mass is 464 g/mol. The number of H-pyrrole nitrogens is 1. The number of benzene rings is 1. The number of hydrogen-bond acceptors (Lipinski definition) is 4. The zero-order valence-electron chi connectivity index (χ0n) is 18.5. The van der Waals surface area contributed by atoms with Crippen LogP contribution in [0.3, 0.4) is 0 Å². The van der Waals surface area contributed by atoms with Gasteiger partial charge in [-0.1, -0.05) is 24.3 Å². The molecule has 4 rings (SSSR count). The number of rotatable bonds is 9. The van der Waals surface area contributed by atoms with Crippen LogP contribution >= 0.6 is 0 Å². The summed E-state index contributed by atoms with van der Waals surface area (Å²) < 4.78 is 58.5. The van der Waals surface area contributed by atoms with E-state index < -0.39 is 18.8 Å². The number of ether oxygens (including phenoxy) is 1. The number of nitrogens with zero attached hydrogens (tertiary/aromatic N) is 2. The highest BCUT2D eigenvalue weighted by Gasteiger charge is 2.42. The number of nitrogens with one attached hydrogen (secondary N) is 2. The lowest BCUT2D eigenvalue weighted by molar-refractivity contribution is -0.155. The smallest absolute Gasteiger partial charge is 0.401 e. The summed E-state index contributed by atoms with van der Waals surface area (Å²) in [4.78, 5) is 9.40. The largest absolute Gasteiger partial charge is 0.476 e. The highest BCUT2D eigenvalue weighted by Crippen LogP contribution is 2.41. The van der Waals surface area contributed by atoms with Gasteiger partial charge in [0, 0.05) is 35.2 Å². The van der Waals surface area contributed by atoms with Crippen molar-refractivity contribution in [3.63, 3.8) is 0 Å². The van der Waals surface area contributed by atoms with Crippen molar-refractivity contribution in [2.45, 2.75) is 38.0 Å². The van der Waals surface area contributed by atoms with Gasteiger partial charge in [0.1, 0.15) is 6.61 Å². The third-order valence-electron chi connectivity index (χ3n) is 5.92. The molecule has 33 heavy (non-hydrogen) atoms. The molecule has 3 heterocycles. The van der Waals surface area contributed by atoms with Gasteiger partial charge in [0.2, 0.25) is 5.88 Å². The first kappa shape index (κ1) is 23.5. The van der Waals surface area contributed by atoms with Crippen LogP contribution in [0.1, 0.15) is 36.3 Å². The maximum Gasteiger partial charge on any atom is 0.401 e. The summed E-state index contributed by atoms with van der Waals surface area (Å²) in [6.45, 7) is 1.84. The molecule has 2 aromatic heterocycles. The molecule has 1 unspecified atom stereocenters. The summed E-state index contributed by atoms with van der Waals surface area (Å²) in [7, 11) is 0. The van der Waals surface area contributed by atoms with Crippen molar-refractivity contribution in [1.29, 1.82) is 0 Å². The lowest BCUT2D eigenvalue weighted by atomic mass is 9.90. The molecule has 0 radical (unpaired) electrons. The first-order chi connectivity index (χ1) is 15.9. The lowest BCUT2D eigenvalue weighted by Gasteiger charge is -2.40. The second-order valence-electron chi connectivity index (χ2n) is 8.35. The summed E-state index contributed by atoms with van der Waals surface area (Å²) in [6, 6.07) is 12.0. The molecule has 0 amide bonds. The Morgan fingerprint density at radius 3 is 2.76 bits per heavy atom. The molecule has 2 atom stereocenters. The quantitative estimate of drug-likeness (QED) is 0.353. The van der Waals surface area contributed by atoms with E-state index in [1.165, 1.54) is 4.90 Å². The van der Waals surface area contributed by atoms with Gasteiger partial charge in [-0.05, 0) is 44.0 Å². The Morgan fingerprint density at radius 1 is 1.15 bits per heavy atom. The Bertz CT molecular complexity index is 1070. The summed E-state index contributed by atoms with van der Waals surface area (Å²) in [5.74, 6) is 0.350. The van der Waals surface area contributed by atoms with Crippen molar-refractivity contribution in [2.75, 3.05) is 32.9 Å². The molecule has 0 aliphatic carbocycles. The van der Waals surface area contributed by atoms with Crippen LogP contribution in [-0.2, 0) is 6.42 Å². The van der Waals surface area contributed by atoms with Crippen LogP contribution in [0.5, 0.6) is 5.88 Å². The SMILES string of the molecule is C[C@@H]1Cc2c([nH]c3ccccc23)C(c2cccc(OCCNCCCF)n2)N1CC(F)(F)F. The molecule has 0 saturated carbocycles. The van der Waals surface area contributed by atoms with Gasteiger partial charge in [0.05, 0.1) is 25.0 Å². The Morgan fingerprint density at radius 2 is 1.97 bits per heavy atom. The van der Waals surface area contributed by atoms with E-state index in [1.54, 1.807) is 18.2 Å². The summed E-state index contributed by atoms with van der Waals surface area (Å²) in [6.07, 6.45) is -3.38. The van der Waals surface area contributed by atoms with E-state index in [4.69, 9.17) is 4.74 Å². The van der Waals surface area contributed by atoms with E-state index in [0.29, 0.717) is 44.1 Å². The van der Waals surface area contributed by atoms with Crippen LogP contribution in [0.25, 0.3) is 10.9 Å². The van der Waals surface area contributed by atoms with Crippen molar-refractivity contribution >= 4 is 10.9 Å². The Hall–Kier alpha value is -2.65. The number of hydrogen-bond donors (Lipinski definition) is 2. The summed E-state index contributed by atoms with van der Waals surface area (Å²) in [5.41, 5.74) is 3.18. The normalized spacial score (nSPS) is 19.1. The van der Waals surface area contributed by atoms with Gasteiger partial charge in [-0.25, -0.2) is 4.98 Å². The molecule has 1 aromatic carbocycles. The van der Waals surface area contributed by atoms with Crippen LogP contribution in [-0.4, -0.2) is 60.0 Å². The fourth-order valence-corrected chi connectivity index (χ4v) is 4.49. The van der Waals surface area contributed by atoms with Crippen molar-refractivity contribution in [2.24, 2.45) is 0 Å². The number of aromatic amines is 1. The first-order valence-electron chi connectivity index (χ1n) is 11.2. The Labute approximate surface area is 190 Å². The first-order valence-corrected chi connectivity index (χ1v) is 11.2. The zero-order valence-corrected chi connectivity index (χ0v) is 18.5. The van der Waals surface area contributed by atoms with E-state index in [0.717, 1.165) is 22.2 Å². The van der Waals surface area contributed by atoms with Crippen molar-refractivity contribution in [3.8, 4) is 5.88 Å². The van der Waals surface area contributed by atoms with Gasteiger partial charge in [-0.2, -0.15) is 13.2 Å². The molecule has 178 valence electrons. The highest BCUT2D eigenvalue weighted by atomic mass is 19.4. The average Bonchev–Trinajstić information content (AvgIpc) is 3.14. The average molecular weight is 465 g/mol. The van der Waals surface area contributed by atoms with E-state index >= 15 is 0 Å². The summed E-state index contributed by atoms with van der Waals surface area (Å²) >= 11 is 0. The van der Waals surface area contributed by atoms with Gasteiger partial charge in [-0.15, -0.1) is 0 Å². The fourth-order valence-electron chi connectivity index (χ4n) is 4.49. The van der Waals surface area contributed by atoms with Gasteiger partial charge in [0.25, 0.3) is 0 Å². The molecular formula is C24H28F4N4O. The van der Waals surface area contributed by atoms with E-state index in [2.05, 4.69) is 15.3 Å². The standard InChI is InChI=1S/C24H28F4N4O/c1-16-14-18-17-6-2-3-7-19(17)31-22(18)23(32(16)15-24(26,27)28)20-8-4-9-21(30-20)33-13-12-29-11-5-10-25/h2-4,6-9,16,23,29,31H,5,10-15H2,1H3/t16-,23?/m1/s1. The van der Waals surface area contributed by atoms with Gasteiger partial charge in [-0.3, -0.25) is 9.29 Å². The molecule has 0 saturated heterocycles. The molecule has 0 spiro atoms. The van der Waals surface area contributed by atoms with Crippen molar-refractivity contribution < 1.29 is 22.3 Å². The van der Waals surface area contributed by atoms with E-state index in [1.807, 2.05) is 31.2 Å². The summed E-state index contributed by atoms with van der Waals surface area (Å²) in [5, 5.41) is 4.10. The van der Waals surface area contributed by atoms with Crippen LogP contribution in [0.2, 0.25) is 0 Å². The molecule has 3 aromatic rings. The number of para-hydroxylation sites is 1. The number of pyridine rings is 1. The molecule has 9 heteroatoms. The second-order valence-corrected chi connectivity index (χ2v) is 8.35. The number of halogens is 4. The van der Waals surface area contributed by atoms with Gasteiger partial charge in [0.15, 0.2) is 0 Å².